The average Bonchev–Trinajstić information content (AvgIpc) is 2.53. The number of hydroxylamine groups is 2. The monoisotopic (exact) mass is 300 g/mol. The van der Waals surface area contributed by atoms with E-state index >= 15 is 0 Å². The van der Waals surface area contributed by atoms with Gasteiger partial charge in [-0.2, -0.15) is 10.1 Å². The number of rotatable bonds is 3. The molecule has 0 aliphatic heterocycles. The fourth-order valence-corrected chi connectivity index (χ4v) is 1.95. The quantitative estimate of drug-likeness (QED) is 0.674. The van der Waals surface area contributed by atoms with Crippen molar-refractivity contribution < 1.29 is 20.0 Å². The predicted octanol–water partition coefficient (Wildman–Crippen LogP) is 2.84. The molecule has 0 radical (unpaired) electrons. The van der Waals surface area contributed by atoms with Crippen molar-refractivity contribution in [2.45, 2.75) is 13.8 Å². The molecule has 2 amide bonds. The third kappa shape index (κ3) is 3.30. The van der Waals surface area contributed by atoms with E-state index in [1.165, 1.54) is 13.8 Å². The molecule has 2 aromatic rings. The third-order valence-electron chi connectivity index (χ3n) is 3.15. The maximum atomic E-state index is 11.1. The highest BCUT2D eigenvalue weighted by Crippen LogP contribution is 2.25. The maximum absolute atomic E-state index is 11.1. The van der Waals surface area contributed by atoms with Gasteiger partial charge >= 0.3 is 0 Å². The van der Waals surface area contributed by atoms with Gasteiger partial charge in [0, 0.05) is 13.8 Å². The number of hydrogen-bond acceptors (Lipinski definition) is 4. The van der Waals surface area contributed by atoms with Crippen molar-refractivity contribution in [1.29, 1.82) is 0 Å². The molecule has 0 unspecified atom stereocenters. The number of anilines is 2. The first-order valence-electron chi connectivity index (χ1n) is 6.60. The summed E-state index contributed by atoms with van der Waals surface area (Å²) >= 11 is 0. The molecule has 0 aliphatic carbocycles. The van der Waals surface area contributed by atoms with Gasteiger partial charge in [-0.05, 0) is 35.4 Å². The Kier molecular flexibility index (Phi) is 4.55. The summed E-state index contributed by atoms with van der Waals surface area (Å²) in [5, 5.41) is 20.2. The first kappa shape index (κ1) is 15.7. The molecule has 0 bridgehead atoms. The minimum atomic E-state index is -0.468. The predicted molar refractivity (Wildman–Crippen MR) is 81.8 cm³/mol. The van der Waals surface area contributed by atoms with Crippen LogP contribution in [0.3, 0.4) is 0 Å². The summed E-state index contributed by atoms with van der Waals surface area (Å²) in [6.45, 7) is 2.53. The molecule has 0 saturated carbocycles. The average molecular weight is 300 g/mol. The lowest BCUT2D eigenvalue weighted by Gasteiger charge is -2.14. The highest BCUT2D eigenvalue weighted by atomic mass is 16.5. The smallest absolute Gasteiger partial charge is 0.247 e. The van der Waals surface area contributed by atoms with Gasteiger partial charge in [-0.25, -0.2) is 0 Å². The van der Waals surface area contributed by atoms with Gasteiger partial charge in [-0.1, -0.05) is 24.3 Å². The highest BCUT2D eigenvalue weighted by Gasteiger charge is 2.09. The zero-order valence-electron chi connectivity index (χ0n) is 12.2. The summed E-state index contributed by atoms with van der Waals surface area (Å²) in [4.78, 5) is 22.2. The molecule has 0 heterocycles. The Morgan fingerprint density at radius 1 is 0.682 bits per heavy atom. The van der Waals surface area contributed by atoms with Gasteiger partial charge in [0.2, 0.25) is 11.8 Å². The van der Waals surface area contributed by atoms with Crippen molar-refractivity contribution in [3.8, 4) is 11.1 Å². The number of carbonyl (C=O) groups excluding carboxylic acids is 2. The Morgan fingerprint density at radius 3 is 1.18 bits per heavy atom. The summed E-state index contributed by atoms with van der Waals surface area (Å²) in [6.07, 6.45) is 0. The lowest BCUT2D eigenvalue weighted by Crippen LogP contribution is -2.23. The Hall–Kier alpha value is -2.70. The van der Waals surface area contributed by atoms with Crippen LogP contribution in [0.5, 0.6) is 0 Å². The van der Waals surface area contributed by atoms with Gasteiger partial charge in [0.15, 0.2) is 0 Å². The summed E-state index contributed by atoms with van der Waals surface area (Å²) in [5.74, 6) is -0.936. The van der Waals surface area contributed by atoms with Crippen LogP contribution in [0.15, 0.2) is 48.5 Å². The molecule has 6 nitrogen and oxygen atoms in total. The van der Waals surface area contributed by atoms with Gasteiger partial charge < -0.3 is 0 Å². The Labute approximate surface area is 127 Å². The van der Waals surface area contributed by atoms with Crippen molar-refractivity contribution in [2.24, 2.45) is 0 Å². The molecule has 0 saturated heterocycles. The Bertz CT molecular complexity index is 619. The van der Waals surface area contributed by atoms with Crippen LogP contribution in [0.1, 0.15) is 13.8 Å². The number of carbonyl (C=O) groups is 2. The fraction of sp³-hybridized carbons (Fsp3) is 0.125. The lowest BCUT2D eigenvalue weighted by atomic mass is 10.0. The Morgan fingerprint density at radius 2 is 0.955 bits per heavy atom. The van der Waals surface area contributed by atoms with E-state index in [2.05, 4.69) is 0 Å². The maximum Gasteiger partial charge on any atom is 0.247 e. The van der Waals surface area contributed by atoms with Crippen molar-refractivity contribution in [2.75, 3.05) is 10.1 Å². The van der Waals surface area contributed by atoms with E-state index < -0.39 is 11.8 Å². The zero-order chi connectivity index (χ0) is 16.3. The van der Waals surface area contributed by atoms with E-state index in [-0.39, 0.29) is 0 Å². The van der Waals surface area contributed by atoms with Crippen molar-refractivity contribution >= 4 is 23.2 Å². The Balaban J connectivity index is 2.22. The number of amides is 2. The van der Waals surface area contributed by atoms with Crippen molar-refractivity contribution in [3.05, 3.63) is 48.5 Å². The van der Waals surface area contributed by atoms with Gasteiger partial charge in [-0.15, -0.1) is 0 Å². The first-order valence-corrected chi connectivity index (χ1v) is 6.60. The van der Waals surface area contributed by atoms with Crippen LogP contribution in [0.4, 0.5) is 11.4 Å². The first-order chi connectivity index (χ1) is 10.4. The summed E-state index contributed by atoms with van der Waals surface area (Å²) in [6, 6.07) is 13.5. The molecule has 0 aromatic heterocycles. The summed E-state index contributed by atoms with van der Waals surface area (Å²) < 4.78 is 0. The topological polar surface area (TPSA) is 81.1 Å². The molecular weight excluding hydrogens is 284 g/mol. The molecule has 22 heavy (non-hydrogen) atoms. The van der Waals surface area contributed by atoms with Crippen LogP contribution in [0, 0.1) is 0 Å². The van der Waals surface area contributed by atoms with Crippen molar-refractivity contribution in [1.82, 2.24) is 0 Å². The van der Waals surface area contributed by atoms with Gasteiger partial charge in [0.25, 0.3) is 0 Å². The molecule has 2 N–H and O–H groups in total. The van der Waals surface area contributed by atoms with E-state index in [0.717, 1.165) is 11.1 Å². The largest absolute Gasteiger partial charge is 0.281 e. The van der Waals surface area contributed by atoms with E-state index in [4.69, 9.17) is 0 Å². The second-order valence-electron chi connectivity index (χ2n) is 4.76. The second kappa shape index (κ2) is 6.38. The van der Waals surface area contributed by atoms with E-state index in [0.29, 0.717) is 21.5 Å². The van der Waals surface area contributed by atoms with Gasteiger partial charge in [-0.3, -0.25) is 20.0 Å². The summed E-state index contributed by atoms with van der Waals surface area (Å²) in [5.41, 5.74) is 2.51. The van der Waals surface area contributed by atoms with Crippen LogP contribution in [-0.2, 0) is 9.59 Å². The van der Waals surface area contributed by atoms with Crippen LogP contribution in [0.2, 0.25) is 0 Å². The molecule has 0 aliphatic rings. The SMILES string of the molecule is CC(=O)N(O)c1ccc(-c2ccc(N(O)C(C)=O)cc2)cc1. The number of benzene rings is 2. The molecular formula is C16H16N2O4. The van der Waals surface area contributed by atoms with Crippen LogP contribution in [-0.4, -0.2) is 22.2 Å². The number of hydrogen-bond donors (Lipinski definition) is 2. The fourth-order valence-electron chi connectivity index (χ4n) is 1.95. The zero-order valence-corrected chi connectivity index (χ0v) is 12.2. The minimum absolute atomic E-state index is 0.381. The molecule has 114 valence electrons. The lowest BCUT2D eigenvalue weighted by molar-refractivity contribution is -0.122. The molecule has 6 heteroatoms. The molecule has 2 rings (SSSR count). The van der Waals surface area contributed by atoms with E-state index in [1.54, 1.807) is 48.5 Å². The van der Waals surface area contributed by atoms with Crippen LogP contribution >= 0.6 is 0 Å². The van der Waals surface area contributed by atoms with Gasteiger partial charge in [0.1, 0.15) is 0 Å². The van der Waals surface area contributed by atoms with E-state index in [1.807, 2.05) is 0 Å². The summed E-state index contributed by atoms with van der Waals surface area (Å²) in [7, 11) is 0. The molecule has 0 atom stereocenters. The highest BCUT2D eigenvalue weighted by molar-refractivity contribution is 5.90. The second-order valence-corrected chi connectivity index (χ2v) is 4.76. The number of nitrogens with zero attached hydrogens (tertiary/aromatic N) is 2. The van der Waals surface area contributed by atoms with Crippen molar-refractivity contribution in [3.63, 3.8) is 0 Å². The molecule has 2 aromatic carbocycles. The van der Waals surface area contributed by atoms with Crippen LogP contribution < -0.4 is 10.1 Å². The molecule has 0 fully saturated rings. The van der Waals surface area contributed by atoms with Gasteiger partial charge in [0.05, 0.1) is 11.4 Å². The third-order valence-corrected chi connectivity index (χ3v) is 3.15. The molecule has 0 spiro atoms. The van der Waals surface area contributed by atoms with E-state index in [9.17, 15) is 20.0 Å². The minimum Gasteiger partial charge on any atom is -0.281 e. The standard InChI is InChI=1S/C16H16N2O4/c1-11(19)17(21)15-7-3-13(4-8-15)14-5-9-16(10-6-14)18(22)12(2)20/h3-10,21-22H,1-2H3. The normalized spacial score (nSPS) is 10.2. The van der Waals surface area contributed by atoms with Crippen LogP contribution in [0.25, 0.3) is 11.1 Å².